The third-order valence-corrected chi connectivity index (χ3v) is 5.51. The van der Waals surface area contributed by atoms with Gasteiger partial charge in [0.25, 0.3) is 0 Å². The molecule has 0 spiro atoms. The summed E-state index contributed by atoms with van der Waals surface area (Å²) in [5.74, 6) is -1.35. The van der Waals surface area contributed by atoms with Crippen LogP contribution in [0.3, 0.4) is 0 Å². The van der Waals surface area contributed by atoms with Crippen molar-refractivity contribution in [2.75, 3.05) is 33.4 Å². The van der Waals surface area contributed by atoms with E-state index >= 15 is 0 Å². The number of amides is 1. The van der Waals surface area contributed by atoms with Crippen LogP contribution in [0.25, 0.3) is 11.0 Å². The number of rotatable bonds is 5. The molecule has 0 bridgehead atoms. The van der Waals surface area contributed by atoms with E-state index in [9.17, 15) is 19.5 Å². The molecular weight excluding hydrogens is 418 g/mol. The predicted molar refractivity (Wildman–Crippen MR) is 114 cm³/mol. The third kappa shape index (κ3) is 4.11. The number of fused-ring (bicyclic) bond motifs is 1. The maximum Gasteiger partial charge on any atom is 0.227 e. The Morgan fingerprint density at radius 1 is 1.22 bits per heavy atom. The third-order valence-electron chi connectivity index (χ3n) is 5.51. The van der Waals surface area contributed by atoms with Gasteiger partial charge in [0.05, 0.1) is 37.9 Å². The number of methoxy groups -OCH3 is 1. The van der Waals surface area contributed by atoms with Crippen LogP contribution in [-0.4, -0.2) is 49.3 Å². The van der Waals surface area contributed by atoms with Gasteiger partial charge in [-0.1, -0.05) is 0 Å². The standard InChI is InChI=1S/C23H23NO8/c1-13-9-18(25)22(28)23(32-13)15(11-20(26)24-5-7-30-8-6-24)17-12-31-19-4-3-14(29-2)10-16(19)21(17)27/h3-4,9-10,12,15,28H,5-8,11H2,1-2H3/t15-/m1/s1. The number of nitrogens with zero attached hydrogens (tertiary/aromatic N) is 1. The van der Waals surface area contributed by atoms with Crippen LogP contribution < -0.4 is 15.6 Å². The number of carbonyl (C=O) groups excluding carboxylic acids is 1. The molecule has 1 aromatic carbocycles. The zero-order chi connectivity index (χ0) is 22.8. The molecule has 3 aromatic rings. The highest BCUT2D eigenvalue weighted by Gasteiger charge is 2.31. The van der Waals surface area contributed by atoms with E-state index in [1.165, 1.54) is 19.4 Å². The topological polar surface area (TPSA) is 119 Å². The summed E-state index contributed by atoms with van der Waals surface area (Å²) in [5.41, 5.74) is -0.628. The Bertz CT molecular complexity index is 1270. The molecule has 0 saturated carbocycles. The van der Waals surface area contributed by atoms with E-state index in [2.05, 4.69) is 0 Å². The lowest BCUT2D eigenvalue weighted by atomic mass is 9.91. The molecule has 1 aliphatic heterocycles. The van der Waals surface area contributed by atoms with Crippen LogP contribution in [0.4, 0.5) is 0 Å². The molecule has 1 amide bonds. The molecule has 1 atom stereocenters. The highest BCUT2D eigenvalue weighted by molar-refractivity contribution is 5.80. The van der Waals surface area contributed by atoms with Crippen molar-refractivity contribution in [3.8, 4) is 11.5 Å². The van der Waals surface area contributed by atoms with Crippen LogP contribution in [-0.2, 0) is 9.53 Å². The first-order valence-corrected chi connectivity index (χ1v) is 10.2. The van der Waals surface area contributed by atoms with Crippen molar-refractivity contribution < 1.29 is 28.2 Å². The Labute approximate surface area is 182 Å². The zero-order valence-electron chi connectivity index (χ0n) is 17.8. The molecule has 4 rings (SSSR count). The molecule has 168 valence electrons. The molecule has 1 saturated heterocycles. The average Bonchev–Trinajstić information content (AvgIpc) is 2.81. The summed E-state index contributed by atoms with van der Waals surface area (Å²) in [6, 6.07) is 5.96. The number of aryl methyl sites for hydroxylation is 1. The summed E-state index contributed by atoms with van der Waals surface area (Å²) in [6.07, 6.45) is 1.05. The molecule has 1 aliphatic rings. The van der Waals surface area contributed by atoms with Crippen LogP contribution in [0.5, 0.6) is 11.5 Å². The van der Waals surface area contributed by atoms with Crippen molar-refractivity contribution in [1.29, 1.82) is 0 Å². The number of carbonyl (C=O) groups is 1. The van der Waals surface area contributed by atoms with Crippen LogP contribution in [0.1, 0.15) is 29.4 Å². The van der Waals surface area contributed by atoms with Crippen molar-refractivity contribution in [2.45, 2.75) is 19.3 Å². The second-order valence-corrected chi connectivity index (χ2v) is 7.57. The molecule has 1 fully saturated rings. The maximum absolute atomic E-state index is 13.4. The summed E-state index contributed by atoms with van der Waals surface area (Å²) >= 11 is 0. The maximum atomic E-state index is 13.4. The molecule has 0 unspecified atom stereocenters. The normalized spacial score (nSPS) is 15.0. The number of morpholine rings is 1. The molecule has 1 N–H and O–H groups in total. The minimum atomic E-state index is -1.02. The Hall–Kier alpha value is -3.59. The lowest BCUT2D eigenvalue weighted by Gasteiger charge is -2.28. The van der Waals surface area contributed by atoms with Gasteiger partial charge in [0.1, 0.15) is 17.1 Å². The summed E-state index contributed by atoms with van der Waals surface area (Å²) in [7, 11) is 1.48. The van der Waals surface area contributed by atoms with Gasteiger partial charge >= 0.3 is 0 Å². The Balaban J connectivity index is 1.86. The van der Waals surface area contributed by atoms with Gasteiger partial charge in [0.15, 0.2) is 11.2 Å². The fourth-order valence-corrected chi connectivity index (χ4v) is 3.81. The van der Waals surface area contributed by atoms with E-state index in [1.54, 1.807) is 24.0 Å². The summed E-state index contributed by atoms with van der Waals surface area (Å²) in [6.45, 7) is 3.22. The van der Waals surface area contributed by atoms with E-state index in [4.69, 9.17) is 18.3 Å². The minimum Gasteiger partial charge on any atom is -0.502 e. The Morgan fingerprint density at radius 2 is 1.97 bits per heavy atom. The molecule has 3 heterocycles. The molecule has 0 radical (unpaired) electrons. The van der Waals surface area contributed by atoms with Gasteiger partial charge in [0, 0.05) is 31.1 Å². The van der Waals surface area contributed by atoms with Crippen LogP contribution in [0.2, 0.25) is 0 Å². The first kappa shape index (κ1) is 21.6. The van der Waals surface area contributed by atoms with Crippen LogP contribution in [0, 0.1) is 6.92 Å². The number of hydrogen-bond acceptors (Lipinski definition) is 8. The zero-order valence-corrected chi connectivity index (χ0v) is 17.8. The van der Waals surface area contributed by atoms with Gasteiger partial charge in [-0.3, -0.25) is 14.4 Å². The van der Waals surface area contributed by atoms with Gasteiger partial charge in [-0.15, -0.1) is 0 Å². The largest absolute Gasteiger partial charge is 0.502 e. The van der Waals surface area contributed by atoms with Crippen LogP contribution >= 0.6 is 0 Å². The summed E-state index contributed by atoms with van der Waals surface area (Å²) in [5, 5.41) is 10.7. The number of ether oxygens (including phenoxy) is 2. The fourth-order valence-electron chi connectivity index (χ4n) is 3.81. The Morgan fingerprint density at radius 3 is 2.69 bits per heavy atom. The van der Waals surface area contributed by atoms with E-state index in [0.717, 1.165) is 6.07 Å². The first-order valence-electron chi connectivity index (χ1n) is 10.2. The number of benzene rings is 1. The van der Waals surface area contributed by atoms with E-state index in [1.807, 2.05) is 0 Å². The molecule has 32 heavy (non-hydrogen) atoms. The van der Waals surface area contributed by atoms with Gasteiger partial charge < -0.3 is 28.3 Å². The molecular formula is C23H23NO8. The lowest BCUT2D eigenvalue weighted by molar-refractivity contribution is -0.135. The van der Waals surface area contributed by atoms with Gasteiger partial charge in [-0.05, 0) is 25.1 Å². The average molecular weight is 441 g/mol. The first-order chi connectivity index (χ1) is 15.4. The second kappa shape index (κ2) is 8.88. The molecule has 9 nitrogen and oxygen atoms in total. The highest BCUT2D eigenvalue weighted by atomic mass is 16.5. The van der Waals surface area contributed by atoms with Gasteiger partial charge in [0.2, 0.25) is 17.1 Å². The second-order valence-electron chi connectivity index (χ2n) is 7.57. The minimum absolute atomic E-state index is 0.0939. The summed E-state index contributed by atoms with van der Waals surface area (Å²) < 4.78 is 21.8. The van der Waals surface area contributed by atoms with Crippen molar-refractivity contribution in [3.05, 3.63) is 68.1 Å². The van der Waals surface area contributed by atoms with E-state index in [-0.39, 0.29) is 34.8 Å². The quantitative estimate of drug-likeness (QED) is 0.640. The molecule has 9 heteroatoms. The van der Waals surface area contributed by atoms with Crippen molar-refractivity contribution in [1.82, 2.24) is 4.90 Å². The van der Waals surface area contributed by atoms with Gasteiger partial charge in [-0.25, -0.2) is 0 Å². The van der Waals surface area contributed by atoms with Gasteiger partial charge in [-0.2, -0.15) is 0 Å². The monoisotopic (exact) mass is 441 g/mol. The van der Waals surface area contributed by atoms with Crippen molar-refractivity contribution in [2.24, 2.45) is 0 Å². The molecule has 2 aromatic heterocycles. The predicted octanol–water partition coefficient (Wildman–Crippen LogP) is 2.15. The van der Waals surface area contributed by atoms with E-state index in [0.29, 0.717) is 37.6 Å². The van der Waals surface area contributed by atoms with Crippen LogP contribution in [0.15, 0.2) is 49.0 Å². The molecule has 0 aliphatic carbocycles. The van der Waals surface area contributed by atoms with Crippen molar-refractivity contribution in [3.63, 3.8) is 0 Å². The Kier molecular flexibility index (Phi) is 6.00. The lowest BCUT2D eigenvalue weighted by Crippen LogP contribution is -2.41. The number of aromatic hydroxyl groups is 1. The van der Waals surface area contributed by atoms with Crippen molar-refractivity contribution >= 4 is 16.9 Å². The smallest absolute Gasteiger partial charge is 0.227 e. The number of hydrogen-bond donors (Lipinski definition) is 1. The highest BCUT2D eigenvalue weighted by Crippen LogP contribution is 2.33. The SMILES string of the molecule is COc1ccc2occ([C@@H](CC(=O)N3CCOCC3)c3oc(C)cc(=O)c3O)c(=O)c2c1. The van der Waals surface area contributed by atoms with E-state index < -0.39 is 22.5 Å². The summed E-state index contributed by atoms with van der Waals surface area (Å²) in [4.78, 5) is 40.3. The fraction of sp³-hybridized carbons (Fsp3) is 0.348.